The van der Waals surface area contributed by atoms with Crippen LogP contribution in [0.25, 0.3) is 0 Å². The second-order valence-corrected chi connectivity index (χ2v) is 8.77. The third-order valence-electron chi connectivity index (χ3n) is 3.42. The van der Waals surface area contributed by atoms with E-state index in [1.54, 1.807) is 0 Å². The standard InChI is InChI=1S/C14H12Cl2N2O3S2/c15-9-5-10(16)7-11(6-9)23(20,21)18-17-14(19)13-4-8-2-1-3-12(8)22-13/h4-7,18H,1-3H2,(H,17,19). The average molecular weight is 391 g/mol. The third kappa shape index (κ3) is 3.70. The van der Waals surface area contributed by atoms with Crippen LogP contribution in [0.3, 0.4) is 0 Å². The van der Waals surface area contributed by atoms with Crippen molar-refractivity contribution in [3.63, 3.8) is 0 Å². The predicted octanol–water partition coefficient (Wildman–Crippen LogP) is 3.17. The van der Waals surface area contributed by atoms with Gasteiger partial charge in [0.1, 0.15) is 0 Å². The van der Waals surface area contributed by atoms with E-state index in [1.807, 2.05) is 6.07 Å². The number of hydrazine groups is 1. The van der Waals surface area contributed by atoms with Gasteiger partial charge in [0.2, 0.25) is 0 Å². The number of sulfonamides is 1. The van der Waals surface area contributed by atoms with Crippen molar-refractivity contribution in [3.05, 3.63) is 49.6 Å². The average Bonchev–Trinajstić information content (AvgIpc) is 3.05. The number of hydrogen-bond acceptors (Lipinski definition) is 4. The molecule has 0 radical (unpaired) electrons. The van der Waals surface area contributed by atoms with E-state index in [1.165, 1.54) is 40.0 Å². The van der Waals surface area contributed by atoms with Crippen molar-refractivity contribution >= 4 is 50.5 Å². The van der Waals surface area contributed by atoms with Crippen LogP contribution in [0.15, 0.2) is 29.2 Å². The van der Waals surface area contributed by atoms with Crippen LogP contribution in [-0.4, -0.2) is 14.3 Å². The van der Waals surface area contributed by atoms with Crippen LogP contribution in [0.2, 0.25) is 10.0 Å². The lowest BCUT2D eigenvalue weighted by Gasteiger charge is -2.08. The quantitative estimate of drug-likeness (QED) is 0.787. The molecule has 2 aromatic rings. The van der Waals surface area contributed by atoms with Gasteiger partial charge in [0, 0.05) is 14.9 Å². The van der Waals surface area contributed by atoms with Gasteiger partial charge in [0.05, 0.1) is 9.77 Å². The summed E-state index contributed by atoms with van der Waals surface area (Å²) in [6, 6.07) is 5.74. The fraction of sp³-hybridized carbons (Fsp3) is 0.214. The SMILES string of the molecule is O=C(NNS(=O)(=O)c1cc(Cl)cc(Cl)c1)c1cc2c(s1)CCC2. The first-order chi connectivity index (χ1) is 10.8. The number of benzene rings is 1. The Morgan fingerprint density at radius 1 is 1.09 bits per heavy atom. The van der Waals surface area contributed by atoms with Crippen molar-refractivity contribution in [3.8, 4) is 0 Å². The van der Waals surface area contributed by atoms with Crippen LogP contribution in [0.1, 0.15) is 26.5 Å². The summed E-state index contributed by atoms with van der Waals surface area (Å²) >= 11 is 13.0. The molecule has 1 amide bonds. The molecule has 1 aliphatic carbocycles. The fourth-order valence-electron chi connectivity index (χ4n) is 2.36. The van der Waals surface area contributed by atoms with Crippen LogP contribution in [0.5, 0.6) is 0 Å². The first-order valence-electron chi connectivity index (χ1n) is 6.75. The molecular weight excluding hydrogens is 379 g/mol. The van der Waals surface area contributed by atoms with Crippen molar-refractivity contribution < 1.29 is 13.2 Å². The first kappa shape index (κ1) is 16.7. The molecule has 23 heavy (non-hydrogen) atoms. The van der Waals surface area contributed by atoms with Gasteiger partial charge in [-0.25, -0.2) is 8.42 Å². The van der Waals surface area contributed by atoms with Gasteiger partial charge < -0.3 is 0 Å². The van der Waals surface area contributed by atoms with Crippen molar-refractivity contribution in [2.24, 2.45) is 0 Å². The van der Waals surface area contributed by atoms with Crippen LogP contribution in [0.4, 0.5) is 0 Å². The second-order valence-electron chi connectivity index (χ2n) is 5.08. The molecule has 0 fully saturated rings. The third-order valence-corrected chi connectivity index (χ3v) is 6.32. The van der Waals surface area contributed by atoms with E-state index in [4.69, 9.17) is 23.2 Å². The van der Waals surface area contributed by atoms with E-state index < -0.39 is 15.9 Å². The molecule has 1 aromatic heterocycles. The van der Waals surface area contributed by atoms with Crippen LogP contribution < -0.4 is 10.3 Å². The largest absolute Gasteiger partial charge is 0.276 e. The molecule has 0 unspecified atom stereocenters. The summed E-state index contributed by atoms with van der Waals surface area (Å²) in [4.78, 5) is 15.7. The normalized spacial score (nSPS) is 13.8. The van der Waals surface area contributed by atoms with Crippen molar-refractivity contribution in [1.82, 2.24) is 10.3 Å². The van der Waals surface area contributed by atoms with E-state index in [0.29, 0.717) is 4.88 Å². The summed E-state index contributed by atoms with van der Waals surface area (Å²) in [6.07, 6.45) is 3.04. The molecule has 2 N–H and O–H groups in total. The number of carbonyl (C=O) groups excluding carboxylic acids is 1. The monoisotopic (exact) mass is 390 g/mol. The smallest absolute Gasteiger partial charge is 0.273 e. The Morgan fingerprint density at radius 2 is 1.78 bits per heavy atom. The number of carbonyl (C=O) groups is 1. The van der Waals surface area contributed by atoms with Gasteiger partial charge in [-0.2, -0.15) is 0 Å². The van der Waals surface area contributed by atoms with Gasteiger partial charge in [-0.05, 0) is 49.1 Å². The van der Waals surface area contributed by atoms with Crippen molar-refractivity contribution in [2.45, 2.75) is 24.2 Å². The molecule has 1 aliphatic rings. The molecule has 122 valence electrons. The zero-order valence-electron chi connectivity index (χ0n) is 11.7. The lowest BCUT2D eigenvalue weighted by atomic mass is 10.2. The highest BCUT2D eigenvalue weighted by Crippen LogP contribution is 2.30. The minimum Gasteiger partial charge on any atom is -0.273 e. The van der Waals surface area contributed by atoms with Crippen LogP contribution >= 0.6 is 34.5 Å². The highest BCUT2D eigenvalue weighted by molar-refractivity contribution is 7.89. The number of nitrogens with one attached hydrogen (secondary N) is 2. The molecule has 1 aromatic carbocycles. The van der Waals surface area contributed by atoms with Crippen LogP contribution in [-0.2, 0) is 22.9 Å². The van der Waals surface area contributed by atoms with E-state index >= 15 is 0 Å². The summed E-state index contributed by atoms with van der Waals surface area (Å²) in [5.74, 6) is -0.485. The zero-order valence-corrected chi connectivity index (χ0v) is 14.9. The topological polar surface area (TPSA) is 75.3 Å². The lowest BCUT2D eigenvalue weighted by molar-refractivity contribution is 0.0949. The van der Waals surface area contributed by atoms with Gasteiger partial charge in [0.25, 0.3) is 15.9 Å². The number of rotatable bonds is 4. The number of thiophene rings is 1. The van der Waals surface area contributed by atoms with Crippen molar-refractivity contribution in [1.29, 1.82) is 0 Å². The van der Waals surface area contributed by atoms with Crippen molar-refractivity contribution in [2.75, 3.05) is 0 Å². The number of halogens is 2. The van der Waals surface area contributed by atoms with Gasteiger partial charge in [0.15, 0.2) is 0 Å². The maximum Gasteiger partial charge on any atom is 0.276 e. The van der Waals surface area contributed by atoms with E-state index in [0.717, 1.165) is 19.3 Å². The summed E-state index contributed by atoms with van der Waals surface area (Å²) < 4.78 is 24.3. The molecule has 5 nitrogen and oxygen atoms in total. The highest BCUT2D eigenvalue weighted by atomic mass is 35.5. The lowest BCUT2D eigenvalue weighted by Crippen LogP contribution is -2.41. The molecular formula is C14H12Cl2N2O3S2. The highest BCUT2D eigenvalue weighted by Gasteiger charge is 2.21. The molecule has 0 spiro atoms. The Kier molecular flexibility index (Phi) is 4.66. The molecule has 0 saturated heterocycles. The minimum absolute atomic E-state index is 0.121. The summed E-state index contributed by atoms with van der Waals surface area (Å²) in [5, 5.41) is 0.387. The van der Waals surface area contributed by atoms with Crippen LogP contribution in [0, 0.1) is 0 Å². The first-order valence-corrected chi connectivity index (χ1v) is 9.80. The summed E-state index contributed by atoms with van der Waals surface area (Å²) in [7, 11) is -3.95. The summed E-state index contributed by atoms with van der Waals surface area (Å²) in [6.45, 7) is 0. The molecule has 3 rings (SSSR count). The molecule has 0 bridgehead atoms. The Bertz CT molecular complexity index is 836. The van der Waals surface area contributed by atoms with Gasteiger partial charge in [-0.15, -0.1) is 16.2 Å². The van der Waals surface area contributed by atoms with E-state index in [-0.39, 0.29) is 14.9 Å². The Labute approximate surface area is 147 Å². The Balaban J connectivity index is 1.72. The number of amides is 1. The Morgan fingerprint density at radius 3 is 2.43 bits per heavy atom. The molecule has 0 atom stereocenters. The molecule has 0 saturated carbocycles. The van der Waals surface area contributed by atoms with E-state index in [9.17, 15) is 13.2 Å². The number of aryl methyl sites for hydroxylation is 2. The fourth-order valence-corrected chi connectivity index (χ4v) is 5.07. The zero-order chi connectivity index (χ0) is 16.6. The number of fused-ring (bicyclic) bond motifs is 1. The van der Waals surface area contributed by atoms with Gasteiger partial charge >= 0.3 is 0 Å². The molecule has 9 heteroatoms. The maximum absolute atomic E-state index is 12.2. The second kappa shape index (κ2) is 6.41. The van der Waals surface area contributed by atoms with Gasteiger partial charge in [-0.1, -0.05) is 23.2 Å². The molecule has 0 aliphatic heterocycles. The van der Waals surface area contributed by atoms with E-state index in [2.05, 4.69) is 10.3 Å². The number of hydrogen-bond donors (Lipinski definition) is 2. The Hall–Kier alpha value is -1.12. The maximum atomic E-state index is 12.2. The minimum atomic E-state index is -3.95. The predicted molar refractivity (Wildman–Crippen MR) is 90.6 cm³/mol. The van der Waals surface area contributed by atoms with Gasteiger partial charge in [-0.3, -0.25) is 10.2 Å². The molecule has 1 heterocycles. The summed E-state index contributed by atoms with van der Waals surface area (Å²) in [5.41, 5.74) is 3.38.